The van der Waals surface area contributed by atoms with Crippen LogP contribution in [0.2, 0.25) is 0 Å². The van der Waals surface area contributed by atoms with Crippen LogP contribution in [0.15, 0.2) is 36.4 Å². The van der Waals surface area contributed by atoms with Gasteiger partial charge in [-0.3, -0.25) is 9.69 Å². The minimum atomic E-state index is -0.729. The molecule has 1 fully saturated rings. The third-order valence-electron chi connectivity index (χ3n) is 4.58. The van der Waals surface area contributed by atoms with E-state index in [1.807, 2.05) is 37.3 Å². The predicted octanol–water partition coefficient (Wildman–Crippen LogP) is 2.84. The largest absolute Gasteiger partial charge is 0.508 e. The quantitative estimate of drug-likeness (QED) is 0.910. The van der Waals surface area contributed by atoms with Crippen LogP contribution in [0, 0.1) is 5.92 Å². The van der Waals surface area contributed by atoms with Crippen molar-refractivity contribution in [3.8, 4) is 5.75 Å². The van der Waals surface area contributed by atoms with Crippen LogP contribution in [0.25, 0.3) is 10.8 Å². The van der Waals surface area contributed by atoms with Crippen molar-refractivity contribution in [3.05, 3.63) is 42.0 Å². The molecule has 0 aromatic heterocycles. The van der Waals surface area contributed by atoms with Gasteiger partial charge >= 0.3 is 5.97 Å². The number of aliphatic carboxylic acids is 1. The van der Waals surface area contributed by atoms with Crippen molar-refractivity contribution in [1.29, 1.82) is 0 Å². The Morgan fingerprint density at radius 2 is 2.05 bits per heavy atom. The van der Waals surface area contributed by atoms with E-state index in [1.165, 1.54) is 0 Å². The molecule has 1 aliphatic rings. The molecule has 1 heterocycles. The van der Waals surface area contributed by atoms with Crippen molar-refractivity contribution in [1.82, 2.24) is 4.90 Å². The molecule has 0 spiro atoms. The van der Waals surface area contributed by atoms with E-state index in [0.717, 1.165) is 22.9 Å². The number of rotatable bonds is 3. The van der Waals surface area contributed by atoms with Crippen molar-refractivity contribution in [2.75, 3.05) is 6.54 Å². The summed E-state index contributed by atoms with van der Waals surface area (Å²) in [6.07, 6.45) is 0.669. The lowest BCUT2D eigenvalue weighted by molar-refractivity contribution is -0.142. The van der Waals surface area contributed by atoms with Crippen LogP contribution in [0.1, 0.15) is 18.9 Å². The van der Waals surface area contributed by atoms with Crippen molar-refractivity contribution in [2.24, 2.45) is 5.92 Å². The number of carbonyl (C=O) groups is 1. The number of phenols is 1. The van der Waals surface area contributed by atoms with Crippen LogP contribution >= 0.6 is 0 Å². The number of likely N-dealkylation sites (tertiary alicyclic amines) is 1. The Labute approximate surface area is 123 Å². The summed E-state index contributed by atoms with van der Waals surface area (Å²) in [6.45, 7) is 3.28. The molecule has 4 nitrogen and oxygen atoms in total. The van der Waals surface area contributed by atoms with Crippen LogP contribution in [-0.2, 0) is 11.3 Å². The summed E-state index contributed by atoms with van der Waals surface area (Å²) in [5.74, 6) is -0.770. The summed E-state index contributed by atoms with van der Waals surface area (Å²) < 4.78 is 0. The number of hydrogen-bond acceptors (Lipinski definition) is 3. The van der Waals surface area contributed by atoms with E-state index >= 15 is 0 Å². The summed E-state index contributed by atoms with van der Waals surface area (Å²) in [5, 5.41) is 21.5. The Morgan fingerprint density at radius 3 is 2.76 bits per heavy atom. The van der Waals surface area contributed by atoms with Crippen LogP contribution < -0.4 is 0 Å². The molecule has 1 saturated heterocycles. The zero-order valence-corrected chi connectivity index (χ0v) is 12.0. The standard InChI is InChI=1S/C17H19NO3/c1-11-13(17(20)21)8-9-18(11)10-15-14-5-3-2-4-12(14)6-7-16(15)19/h2-7,11,13,19H,8-10H2,1H3,(H,20,21). The Balaban J connectivity index is 1.92. The minimum Gasteiger partial charge on any atom is -0.508 e. The molecular weight excluding hydrogens is 266 g/mol. The highest BCUT2D eigenvalue weighted by atomic mass is 16.4. The van der Waals surface area contributed by atoms with Gasteiger partial charge in [0.05, 0.1) is 5.92 Å². The topological polar surface area (TPSA) is 60.8 Å². The minimum absolute atomic E-state index is 0.0131. The fourth-order valence-electron chi connectivity index (χ4n) is 3.25. The fourth-order valence-corrected chi connectivity index (χ4v) is 3.25. The van der Waals surface area contributed by atoms with E-state index in [0.29, 0.717) is 13.0 Å². The Hall–Kier alpha value is -2.07. The maximum absolute atomic E-state index is 11.2. The fraction of sp³-hybridized carbons (Fsp3) is 0.353. The molecule has 0 aliphatic carbocycles. The molecule has 110 valence electrons. The van der Waals surface area contributed by atoms with Gasteiger partial charge in [-0.1, -0.05) is 30.3 Å². The molecule has 2 aromatic carbocycles. The van der Waals surface area contributed by atoms with Gasteiger partial charge in [0.25, 0.3) is 0 Å². The summed E-state index contributed by atoms with van der Waals surface area (Å²) in [6, 6.07) is 11.6. The molecular formula is C17H19NO3. The second-order valence-corrected chi connectivity index (χ2v) is 5.73. The average molecular weight is 285 g/mol. The number of hydrogen-bond donors (Lipinski definition) is 2. The first kappa shape index (κ1) is 13.9. The van der Waals surface area contributed by atoms with E-state index in [1.54, 1.807) is 6.07 Å². The Morgan fingerprint density at radius 1 is 1.29 bits per heavy atom. The molecule has 3 rings (SSSR count). The normalized spacial score (nSPS) is 22.7. The van der Waals surface area contributed by atoms with Gasteiger partial charge in [0.15, 0.2) is 0 Å². The second kappa shape index (κ2) is 5.37. The molecule has 1 aliphatic heterocycles. The molecule has 0 bridgehead atoms. The van der Waals surface area contributed by atoms with Crippen molar-refractivity contribution in [2.45, 2.75) is 25.9 Å². The van der Waals surface area contributed by atoms with Gasteiger partial charge in [-0.25, -0.2) is 0 Å². The highest BCUT2D eigenvalue weighted by Gasteiger charge is 2.35. The average Bonchev–Trinajstić information content (AvgIpc) is 2.83. The molecule has 2 N–H and O–H groups in total. The van der Waals surface area contributed by atoms with Gasteiger partial charge in [0.2, 0.25) is 0 Å². The summed E-state index contributed by atoms with van der Waals surface area (Å²) in [7, 11) is 0. The number of carboxylic acids is 1. The number of aromatic hydroxyl groups is 1. The zero-order chi connectivity index (χ0) is 15.0. The SMILES string of the molecule is CC1C(C(=O)O)CCN1Cc1c(O)ccc2ccccc12. The lowest BCUT2D eigenvalue weighted by Gasteiger charge is -2.24. The number of fused-ring (bicyclic) bond motifs is 1. The van der Waals surface area contributed by atoms with Gasteiger partial charge in [-0.2, -0.15) is 0 Å². The van der Waals surface area contributed by atoms with Crippen LogP contribution in [0.3, 0.4) is 0 Å². The second-order valence-electron chi connectivity index (χ2n) is 5.73. The molecule has 21 heavy (non-hydrogen) atoms. The third kappa shape index (κ3) is 2.47. The van der Waals surface area contributed by atoms with Crippen LogP contribution in [-0.4, -0.2) is 33.7 Å². The van der Waals surface area contributed by atoms with E-state index in [9.17, 15) is 15.0 Å². The van der Waals surface area contributed by atoms with Crippen molar-refractivity contribution >= 4 is 16.7 Å². The van der Waals surface area contributed by atoms with Gasteiger partial charge < -0.3 is 10.2 Å². The number of phenolic OH excluding ortho intramolecular Hbond substituents is 1. The first-order chi connectivity index (χ1) is 10.1. The predicted molar refractivity (Wildman–Crippen MR) is 81.2 cm³/mol. The molecule has 0 amide bonds. The molecule has 2 aromatic rings. The summed E-state index contributed by atoms with van der Waals surface area (Å²) in [5.41, 5.74) is 0.881. The highest BCUT2D eigenvalue weighted by Crippen LogP contribution is 2.32. The van der Waals surface area contributed by atoms with E-state index < -0.39 is 5.97 Å². The van der Waals surface area contributed by atoms with Crippen LogP contribution in [0.5, 0.6) is 5.75 Å². The van der Waals surface area contributed by atoms with Gasteiger partial charge in [-0.05, 0) is 36.7 Å². The van der Waals surface area contributed by atoms with Gasteiger partial charge in [0, 0.05) is 18.2 Å². The number of benzene rings is 2. The maximum Gasteiger partial charge on any atom is 0.308 e. The lowest BCUT2D eigenvalue weighted by atomic mass is 10.0. The monoisotopic (exact) mass is 285 g/mol. The van der Waals surface area contributed by atoms with Gasteiger partial charge in [-0.15, -0.1) is 0 Å². The maximum atomic E-state index is 11.2. The number of carboxylic acid groups (broad SMARTS) is 1. The van der Waals surface area contributed by atoms with E-state index in [4.69, 9.17) is 0 Å². The smallest absolute Gasteiger partial charge is 0.308 e. The molecule has 0 radical (unpaired) electrons. The first-order valence-electron chi connectivity index (χ1n) is 7.24. The van der Waals surface area contributed by atoms with Gasteiger partial charge in [0.1, 0.15) is 5.75 Å². The molecule has 2 atom stereocenters. The zero-order valence-electron chi connectivity index (χ0n) is 12.0. The Kier molecular flexibility index (Phi) is 3.55. The summed E-state index contributed by atoms with van der Waals surface area (Å²) in [4.78, 5) is 13.4. The van der Waals surface area contributed by atoms with E-state index in [-0.39, 0.29) is 17.7 Å². The lowest BCUT2D eigenvalue weighted by Crippen LogP contribution is -2.32. The highest BCUT2D eigenvalue weighted by molar-refractivity contribution is 5.87. The number of nitrogens with zero attached hydrogens (tertiary/aromatic N) is 1. The Bertz CT molecular complexity index is 683. The molecule has 4 heteroatoms. The molecule has 2 unspecified atom stereocenters. The van der Waals surface area contributed by atoms with Crippen LogP contribution in [0.4, 0.5) is 0 Å². The summed E-state index contributed by atoms with van der Waals surface area (Å²) >= 11 is 0. The van der Waals surface area contributed by atoms with Crippen molar-refractivity contribution < 1.29 is 15.0 Å². The van der Waals surface area contributed by atoms with E-state index in [2.05, 4.69) is 4.90 Å². The van der Waals surface area contributed by atoms with Crippen molar-refractivity contribution in [3.63, 3.8) is 0 Å². The first-order valence-corrected chi connectivity index (χ1v) is 7.24. The third-order valence-corrected chi connectivity index (χ3v) is 4.58. The molecule has 0 saturated carbocycles.